The molecule has 15 heavy (non-hydrogen) atoms. The van der Waals surface area contributed by atoms with Gasteiger partial charge in [-0.1, -0.05) is 23.7 Å². The summed E-state index contributed by atoms with van der Waals surface area (Å²) in [5.41, 5.74) is 7.66. The maximum atomic E-state index is 6.07. The molecule has 78 valence electrons. The summed E-state index contributed by atoms with van der Waals surface area (Å²) in [6, 6.07) is 7.50. The Morgan fingerprint density at radius 1 is 1.40 bits per heavy atom. The number of hydrogen-bond acceptors (Lipinski definition) is 2. The Kier molecular flexibility index (Phi) is 2.88. The highest BCUT2D eigenvalue weighted by Gasteiger charge is 2.12. The molecule has 0 atom stereocenters. The van der Waals surface area contributed by atoms with Crippen molar-refractivity contribution in [3.05, 3.63) is 38.6 Å². The lowest BCUT2D eigenvalue weighted by atomic mass is 10.3. The van der Waals surface area contributed by atoms with E-state index in [1.165, 1.54) is 0 Å². The number of anilines is 1. The van der Waals surface area contributed by atoms with Crippen LogP contribution >= 0.6 is 34.2 Å². The van der Waals surface area contributed by atoms with Crippen LogP contribution in [0.5, 0.6) is 0 Å². The molecule has 0 saturated carbocycles. The smallest absolute Gasteiger partial charge is 0.141 e. The quantitative estimate of drug-likeness (QED) is 0.815. The number of nitrogens with zero attached hydrogens (tertiary/aromatic N) is 2. The lowest BCUT2D eigenvalue weighted by molar-refractivity contribution is 0.872. The number of hydrogen-bond donors (Lipinski definition) is 1. The molecule has 1 aromatic carbocycles. The molecular weight excluding hydrogens is 324 g/mol. The predicted octanol–water partition coefficient (Wildman–Crippen LogP) is 3.02. The second-order valence-electron chi connectivity index (χ2n) is 3.15. The van der Waals surface area contributed by atoms with Gasteiger partial charge in [0.25, 0.3) is 0 Å². The van der Waals surface area contributed by atoms with Crippen molar-refractivity contribution in [3.63, 3.8) is 0 Å². The summed E-state index contributed by atoms with van der Waals surface area (Å²) in [6.07, 6.45) is 0. The van der Waals surface area contributed by atoms with Crippen LogP contribution in [0.15, 0.2) is 24.3 Å². The summed E-state index contributed by atoms with van der Waals surface area (Å²) in [6.45, 7) is 1.92. The SMILES string of the molecule is Cc1nn(-c2ccccc2Cl)c(N)c1I. The first-order valence-corrected chi connectivity index (χ1v) is 5.82. The fourth-order valence-corrected chi connectivity index (χ4v) is 1.89. The van der Waals surface area contributed by atoms with Gasteiger partial charge in [-0.3, -0.25) is 0 Å². The molecule has 0 saturated heterocycles. The first-order chi connectivity index (χ1) is 7.11. The van der Waals surface area contributed by atoms with Crippen LogP contribution in [-0.2, 0) is 0 Å². The first kappa shape index (κ1) is 10.8. The lowest BCUT2D eigenvalue weighted by Gasteiger charge is -2.05. The van der Waals surface area contributed by atoms with E-state index in [1.807, 2.05) is 31.2 Å². The van der Waals surface area contributed by atoms with Crippen LogP contribution in [-0.4, -0.2) is 9.78 Å². The highest BCUT2D eigenvalue weighted by Crippen LogP contribution is 2.26. The van der Waals surface area contributed by atoms with Gasteiger partial charge in [-0.25, -0.2) is 4.68 Å². The molecule has 0 spiro atoms. The first-order valence-electron chi connectivity index (χ1n) is 4.36. The zero-order valence-corrected chi connectivity index (χ0v) is 11.0. The van der Waals surface area contributed by atoms with Crippen molar-refractivity contribution < 1.29 is 0 Å². The Bertz CT molecular complexity index is 507. The minimum Gasteiger partial charge on any atom is -0.383 e. The largest absolute Gasteiger partial charge is 0.383 e. The molecule has 0 aliphatic carbocycles. The fraction of sp³-hybridized carbons (Fsp3) is 0.100. The Morgan fingerprint density at radius 2 is 2.07 bits per heavy atom. The molecule has 0 bridgehead atoms. The van der Waals surface area contributed by atoms with Crippen LogP contribution in [0.4, 0.5) is 5.82 Å². The second kappa shape index (κ2) is 4.02. The van der Waals surface area contributed by atoms with E-state index >= 15 is 0 Å². The third-order valence-corrected chi connectivity index (χ3v) is 3.75. The molecule has 2 rings (SSSR count). The average Bonchev–Trinajstić information content (AvgIpc) is 2.47. The van der Waals surface area contributed by atoms with Gasteiger partial charge in [0.2, 0.25) is 0 Å². The monoisotopic (exact) mass is 333 g/mol. The average molecular weight is 334 g/mol. The molecule has 0 aliphatic heterocycles. The van der Waals surface area contributed by atoms with Crippen molar-refractivity contribution in [2.75, 3.05) is 5.73 Å². The summed E-state index contributed by atoms with van der Waals surface area (Å²) in [4.78, 5) is 0. The highest BCUT2D eigenvalue weighted by molar-refractivity contribution is 14.1. The lowest BCUT2D eigenvalue weighted by Crippen LogP contribution is -2.02. The summed E-state index contributed by atoms with van der Waals surface area (Å²) < 4.78 is 2.63. The number of rotatable bonds is 1. The third kappa shape index (κ3) is 1.83. The predicted molar refractivity (Wildman–Crippen MR) is 70.4 cm³/mol. The van der Waals surface area contributed by atoms with E-state index in [0.717, 1.165) is 15.0 Å². The van der Waals surface area contributed by atoms with Crippen molar-refractivity contribution in [3.8, 4) is 5.69 Å². The highest BCUT2D eigenvalue weighted by atomic mass is 127. The number of nitrogen functional groups attached to an aromatic ring is 1. The normalized spacial score (nSPS) is 10.6. The van der Waals surface area contributed by atoms with Gasteiger partial charge in [-0.15, -0.1) is 0 Å². The zero-order chi connectivity index (χ0) is 11.0. The van der Waals surface area contributed by atoms with Crippen LogP contribution in [0.25, 0.3) is 5.69 Å². The Morgan fingerprint density at radius 3 is 2.60 bits per heavy atom. The summed E-state index contributed by atoms with van der Waals surface area (Å²) in [5.74, 6) is 0.626. The molecule has 3 nitrogen and oxygen atoms in total. The van der Waals surface area contributed by atoms with Gasteiger partial charge in [0.1, 0.15) is 5.82 Å². The minimum absolute atomic E-state index is 0.626. The van der Waals surface area contributed by atoms with Gasteiger partial charge in [0.05, 0.1) is 20.0 Å². The molecule has 0 fully saturated rings. The maximum absolute atomic E-state index is 6.07. The molecule has 0 amide bonds. The summed E-state index contributed by atoms with van der Waals surface area (Å²) in [5, 5.41) is 4.98. The molecule has 5 heteroatoms. The Labute approximate surface area is 106 Å². The van der Waals surface area contributed by atoms with E-state index in [2.05, 4.69) is 27.7 Å². The standard InChI is InChI=1S/C10H9ClIN3/c1-6-9(12)10(13)15(14-6)8-5-3-2-4-7(8)11/h2-5H,13H2,1H3. The molecule has 2 aromatic rings. The summed E-state index contributed by atoms with van der Waals surface area (Å²) in [7, 11) is 0. The zero-order valence-electron chi connectivity index (χ0n) is 8.04. The van der Waals surface area contributed by atoms with Crippen LogP contribution in [0.1, 0.15) is 5.69 Å². The molecule has 0 aliphatic rings. The number of aryl methyl sites for hydroxylation is 1. The molecular formula is C10H9ClIN3. The van der Waals surface area contributed by atoms with Crippen molar-refractivity contribution in [2.45, 2.75) is 6.92 Å². The van der Waals surface area contributed by atoms with Crippen LogP contribution in [0.2, 0.25) is 5.02 Å². The summed E-state index contributed by atoms with van der Waals surface area (Å²) >= 11 is 8.25. The van der Waals surface area contributed by atoms with Gasteiger partial charge in [-0.05, 0) is 41.6 Å². The Balaban J connectivity index is 2.65. The van der Waals surface area contributed by atoms with Gasteiger partial charge < -0.3 is 5.73 Å². The number of halogens is 2. The van der Waals surface area contributed by atoms with Crippen LogP contribution in [0.3, 0.4) is 0 Å². The minimum atomic E-state index is 0.626. The van der Waals surface area contributed by atoms with E-state index < -0.39 is 0 Å². The second-order valence-corrected chi connectivity index (χ2v) is 4.63. The van der Waals surface area contributed by atoms with E-state index in [1.54, 1.807) is 4.68 Å². The number of benzene rings is 1. The van der Waals surface area contributed by atoms with Crippen molar-refractivity contribution in [2.24, 2.45) is 0 Å². The van der Waals surface area contributed by atoms with Crippen LogP contribution < -0.4 is 5.73 Å². The molecule has 0 radical (unpaired) electrons. The third-order valence-electron chi connectivity index (χ3n) is 2.10. The van der Waals surface area contributed by atoms with Crippen molar-refractivity contribution in [1.82, 2.24) is 9.78 Å². The van der Waals surface area contributed by atoms with Crippen LogP contribution in [0, 0.1) is 10.5 Å². The van der Waals surface area contributed by atoms with E-state index in [-0.39, 0.29) is 0 Å². The number of para-hydroxylation sites is 1. The van der Waals surface area contributed by atoms with E-state index in [0.29, 0.717) is 10.8 Å². The van der Waals surface area contributed by atoms with Crippen molar-refractivity contribution in [1.29, 1.82) is 0 Å². The van der Waals surface area contributed by atoms with E-state index in [9.17, 15) is 0 Å². The molecule has 1 heterocycles. The molecule has 0 unspecified atom stereocenters. The van der Waals surface area contributed by atoms with Gasteiger partial charge in [0.15, 0.2) is 0 Å². The van der Waals surface area contributed by atoms with Crippen molar-refractivity contribution >= 4 is 40.0 Å². The number of aromatic nitrogens is 2. The number of nitrogens with two attached hydrogens (primary N) is 1. The molecule has 1 aromatic heterocycles. The van der Waals surface area contributed by atoms with E-state index in [4.69, 9.17) is 17.3 Å². The topological polar surface area (TPSA) is 43.8 Å². The van der Waals surface area contributed by atoms with Gasteiger partial charge >= 0.3 is 0 Å². The van der Waals surface area contributed by atoms with Gasteiger partial charge in [0, 0.05) is 0 Å². The molecule has 2 N–H and O–H groups in total. The maximum Gasteiger partial charge on any atom is 0.141 e. The fourth-order valence-electron chi connectivity index (χ4n) is 1.33. The van der Waals surface area contributed by atoms with Gasteiger partial charge in [-0.2, -0.15) is 5.10 Å². The Hall–Kier alpha value is -0.750.